The molecular weight excluding hydrogens is 494 g/mol. The van der Waals surface area contributed by atoms with Gasteiger partial charge in [0.1, 0.15) is 0 Å². The predicted molar refractivity (Wildman–Crippen MR) is 117 cm³/mol. The molecule has 0 heterocycles. The Balaban J connectivity index is 0.00000261. The van der Waals surface area contributed by atoms with Crippen molar-refractivity contribution in [2.75, 3.05) is 0 Å². The Morgan fingerprint density at radius 1 is 0.793 bits per heavy atom. The van der Waals surface area contributed by atoms with Crippen molar-refractivity contribution in [3.63, 3.8) is 0 Å². The molecule has 0 aliphatic heterocycles. The molecule has 6 heteroatoms. The normalized spacial score (nSPS) is 23.5. The minimum atomic E-state index is -1.48. The van der Waals surface area contributed by atoms with Gasteiger partial charge in [0.25, 0.3) is 0 Å². The van der Waals surface area contributed by atoms with E-state index < -0.39 is 7.74 Å². The maximum absolute atomic E-state index is 3.59. The van der Waals surface area contributed by atoms with E-state index in [0.29, 0.717) is 0 Å². The fourth-order valence-electron chi connectivity index (χ4n) is 6.10. The SMILES string of the molecule is CC1=C(C)C(C)(C)[C]([Cr+3])=C1[Si](C)(C)P(C1CCCCC1)C1CCCCC1.[Cl-].[Cl-].[Cl-]. The van der Waals surface area contributed by atoms with Crippen molar-refractivity contribution in [2.24, 2.45) is 5.41 Å². The summed E-state index contributed by atoms with van der Waals surface area (Å²) in [6.45, 7) is 15.3. The molecule has 0 N–H and O–H groups in total. The third-order valence-electron chi connectivity index (χ3n) is 7.86. The van der Waals surface area contributed by atoms with Gasteiger partial charge in [-0.25, -0.2) is 0 Å². The van der Waals surface area contributed by atoms with Crippen LogP contribution < -0.4 is 37.2 Å². The van der Waals surface area contributed by atoms with Crippen molar-refractivity contribution in [3.8, 4) is 0 Å². The van der Waals surface area contributed by atoms with E-state index in [2.05, 4.69) is 57.1 Å². The van der Waals surface area contributed by atoms with Gasteiger partial charge in [-0.1, -0.05) is 0 Å². The monoisotopic (exact) mass is 532 g/mol. The summed E-state index contributed by atoms with van der Waals surface area (Å²) < 4.78 is 1.61. The maximum atomic E-state index is 3.59. The van der Waals surface area contributed by atoms with E-state index in [4.69, 9.17) is 0 Å². The van der Waals surface area contributed by atoms with Crippen LogP contribution >= 0.6 is 7.47 Å². The van der Waals surface area contributed by atoms with Gasteiger partial charge in [-0.2, -0.15) is 0 Å². The molecule has 0 radical (unpaired) electrons. The molecule has 0 atom stereocenters. The van der Waals surface area contributed by atoms with Crippen molar-refractivity contribution in [3.05, 3.63) is 20.8 Å². The molecule has 168 valence electrons. The number of allylic oxidation sites excluding steroid dienone is 4. The summed E-state index contributed by atoms with van der Waals surface area (Å²) in [4.78, 5) is 0. The number of halogens is 3. The Bertz CT molecular complexity index is 585. The third-order valence-corrected chi connectivity index (χ3v) is 21.8. The average molecular weight is 534 g/mol. The van der Waals surface area contributed by atoms with Crippen LogP contribution in [0.15, 0.2) is 20.8 Å². The Labute approximate surface area is 210 Å². The molecule has 3 rings (SSSR count). The van der Waals surface area contributed by atoms with Crippen LogP contribution in [0.1, 0.15) is 91.9 Å². The molecule has 2 saturated carbocycles. The summed E-state index contributed by atoms with van der Waals surface area (Å²) in [7, 11) is -1.31. The van der Waals surface area contributed by atoms with E-state index in [1.165, 1.54) is 38.5 Å². The van der Waals surface area contributed by atoms with E-state index in [1.54, 1.807) is 41.3 Å². The molecule has 0 aromatic heterocycles. The van der Waals surface area contributed by atoms with Crippen molar-refractivity contribution in [1.82, 2.24) is 0 Å². The molecule has 3 aliphatic rings. The van der Waals surface area contributed by atoms with Gasteiger partial charge in [-0.3, -0.25) is 0 Å². The summed E-state index contributed by atoms with van der Waals surface area (Å²) in [5.74, 6) is 0. The largest absolute Gasteiger partial charge is 1.00 e. The first-order valence-corrected chi connectivity index (χ1v) is 17.0. The Morgan fingerprint density at radius 2 is 1.17 bits per heavy atom. The second-order valence-corrected chi connectivity index (χ2v) is 21.6. The van der Waals surface area contributed by atoms with Gasteiger partial charge < -0.3 is 37.2 Å². The van der Waals surface area contributed by atoms with Crippen LogP contribution in [0.5, 0.6) is 0 Å². The molecule has 3 aliphatic carbocycles. The quantitative estimate of drug-likeness (QED) is 0.324. The first-order chi connectivity index (χ1) is 12.2. The minimum Gasteiger partial charge on any atom is -1.00 e. The molecule has 2 fully saturated rings. The standard InChI is InChI=1S/C23H40PSi.3ClH.Cr/c1-18-19(2)23(3,4)17-22(18)25(5,6)24(20-13-9-7-10-14-20)21-15-11-8-12-16-21;;;;/h20-21H,7-16H2,1-6H3;3*1H;/q;;;;+3/p-3. The first kappa shape index (κ1) is 30.5. The molecule has 0 unspecified atom stereocenters. The Hall–Kier alpha value is 1.53. The Kier molecular flexibility index (Phi) is 12.8. The van der Waals surface area contributed by atoms with Crippen LogP contribution in [-0.2, 0) is 16.3 Å². The zero-order valence-electron chi connectivity index (χ0n) is 19.2. The number of hydrogen-bond acceptors (Lipinski definition) is 0. The summed E-state index contributed by atoms with van der Waals surface area (Å²) in [5.41, 5.74) is 5.67. The fraction of sp³-hybridized carbons (Fsp3) is 0.826. The van der Waals surface area contributed by atoms with Crippen LogP contribution in [0, 0.1) is 5.41 Å². The van der Waals surface area contributed by atoms with E-state index in [1.807, 2.05) is 5.20 Å². The maximum Gasteiger partial charge on any atom is -1.00 e. The van der Waals surface area contributed by atoms with Gasteiger partial charge >= 0.3 is 174 Å². The van der Waals surface area contributed by atoms with Gasteiger partial charge in [0.2, 0.25) is 0 Å². The first-order valence-electron chi connectivity index (χ1n) is 11.1. The average Bonchev–Trinajstić information content (AvgIpc) is 2.77. The van der Waals surface area contributed by atoms with E-state index >= 15 is 0 Å². The number of hydrogen-bond donors (Lipinski definition) is 0. The molecule has 0 saturated heterocycles. The minimum absolute atomic E-state index is 0. The second-order valence-electron chi connectivity index (χ2n) is 10.1. The van der Waals surface area contributed by atoms with E-state index in [9.17, 15) is 0 Å². The summed E-state index contributed by atoms with van der Waals surface area (Å²) >= 11 is 3.59. The van der Waals surface area contributed by atoms with Gasteiger partial charge in [0, 0.05) is 0 Å². The van der Waals surface area contributed by atoms with Gasteiger partial charge in [0.05, 0.1) is 0 Å². The number of rotatable bonds is 4. The predicted octanol–water partition coefficient (Wildman–Crippen LogP) is -0.933. The fourth-order valence-corrected chi connectivity index (χ4v) is 23.3. The third kappa shape index (κ3) is 5.91. The van der Waals surface area contributed by atoms with Crippen LogP contribution in [0.25, 0.3) is 0 Å². The zero-order chi connectivity index (χ0) is 19.1. The molecule has 0 amide bonds. The Morgan fingerprint density at radius 3 is 1.48 bits per heavy atom. The molecular formula is C23H40Cl3CrPSi. The summed E-state index contributed by atoms with van der Waals surface area (Å²) in [5, 5.41) is 1.85. The van der Waals surface area contributed by atoms with Crippen molar-refractivity contribution < 1.29 is 53.5 Å². The summed E-state index contributed by atoms with van der Waals surface area (Å²) in [6.07, 6.45) is 15.2. The van der Waals surface area contributed by atoms with Crippen LogP contribution in [0.2, 0.25) is 13.1 Å². The van der Waals surface area contributed by atoms with Crippen molar-refractivity contribution in [2.45, 2.75) is 116 Å². The smallest absolute Gasteiger partial charge is 1.00 e. The van der Waals surface area contributed by atoms with Crippen LogP contribution in [-0.4, -0.2) is 19.1 Å². The van der Waals surface area contributed by atoms with Crippen LogP contribution in [0.4, 0.5) is 0 Å². The molecule has 29 heavy (non-hydrogen) atoms. The molecule has 0 spiro atoms. The second kappa shape index (κ2) is 12.1. The van der Waals surface area contributed by atoms with Crippen molar-refractivity contribution in [1.29, 1.82) is 0 Å². The molecule has 0 aromatic carbocycles. The topological polar surface area (TPSA) is 0 Å². The molecule has 0 nitrogen and oxygen atoms in total. The molecule has 0 bridgehead atoms. The van der Waals surface area contributed by atoms with Crippen LogP contribution in [0.3, 0.4) is 0 Å². The van der Waals surface area contributed by atoms with Gasteiger partial charge in [-0.05, 0) is 0 Å². The van der Waals surface area contributed by atoms with E-state index in [0.717, 1.165) is 11.3 Å². The van der Waals surface area contributed by atoms with Gasteiger partial charge in [-0.15, -0.1) is 0 Å². The summed E-state index contributed by atoms with van der Waals surface area (Å²) in [6, 6.07) is 0. The molecule has 0 aromatic rings. The van der Waals surface area contributed by atoms with E-state index in [-0.39, 0.29) is 50.1 Å². The zero-order valence-corrected chi connectivity index (χ0v) is 24.7. The van der Waals surface area contributed by atoms with Crippen molar-refractivity contribution >= 4 is 15.2 Å². The van der Waals surface area contributed by atoms with Gasteiger partial charge in [0.15, 0.2) is 0 Å².